The van der Waals surface area contributed by atoms with Crippen molar-refractivity contribution < 1.29 is 9.53 Å². The van der Waals surface area contributed by atoms with E-state index in [2.05, 4.69) is 54.1 Å². The maximum Gasteiger partial charge on any atom is 0.239 e. The van der Waals surface area contributed by atoms with Crippen molar-refractivity contribution in [3.63, 3.8) is 0 Å². The highest BCUT2D eigenvalue weighted by molar-refractivity contribution is 7.99. The third-order valence-corrected chi connectivity index (χ3v) is 6.18. The van der Waals surface area contributed by atoms with Gasteiger partial charge in [-0.1, -0.05) is 26.0 Å². The number of morpholine rings is 1. The molecular formula is C20H31N3O2S. The molecule has 0 bridgehead atoms. The molecule has 1 aromatic carbocycles. The summed E-state index contributed by atoms with van der Waals surface area (Å²) >= 11 is 1.87. The maximum atomic E-state index is 12.5. The first kappa shape index (κ1) is 19.5. The lowest BCUT2D eigenvalue weighted by Crippen LogP contribution is -2.50. The Morgan fingerprint density at radius 2 is 2.19 bits per heavy atom. The molecule has 2 aliphatic rings. The number of hydrogen-bond acceptors (Lipinski definition) is 5. The van der Waals surface area contributed by atoms with Crippen molar-refractivity contribution in [1.29, 1.82) is 0 Å². The number of rotatable bonds is 6. The van der Waals surface area contributed by atoms with Crippen molar-refractivity contribution in [2.24, 2.45) is 5.92 Å². The molecule has 0 saturated carbocycles. The number of fused-ring (bicyclic) bond motifs is 1. The molecule has 1 N–H and O–H groups in total. The predicted octanol–water partition coefficient (Wildman–Crippen LogP) is 2.46. The Morgan fingerprint density at radius 1 is 1.38 bits per heavy atom. The first-order valence-electron chi connectivity index (χ1n) is 9.62. The number of nitrogens with zero attached hydrogens (tertiary/aromatic N) is 2. The molecular weight excluding hydrogens is 346 g/mol. The largest absolute Gasteiger partial charge is 0.374 e. The van der Waals surface area contributed by atoms with Gasteiger partial charge in [-0.05, 0) is 25.0 Å². The number of hydrogen-bond donors (Lipinski definition) is 1. The number of amides is 1. The lowest BCUT2D eigenvalue weighted by Gasteiger charge is -2.36. The van der Waals surface area contributed by atoms with Gasteiger partial charge in [0.15, 0.2) is 0 Å². The van der Waals surface area contributed by atoms with E-state index >= 15 is 0 Å². The first-order chi connectivity index (χ1) is 12.5. The van der Waals surface area contributed by atoms with E-state index in [4.69, 9.17) is 4.74 Å². The summed E-state index contributed by atoms with van der Waals surface area (Å²) in [7, 11) is 0. The molecule has 144 valence electrons. The van der Waals surface area contributed by atoms with Crippen molar-refractivity contribution in [2.45, 2.75) is 37.8 Å². The zero-order valence-electron chi connectivity index (χ0n) is 16.1. The predicted molar refractivity (Wildman–Crippen MR) is 108 cm³/mol. The highest BCUT2D eigenvalue weighted by Gasteiger charge is 2.26. The van der Waals surface area contributed by atoms with Crippen molar-refractivity contribution >= 4 is 23.4 Å². The van der Waals surface area contributed by atoms with E-state index in [9.17, 15) is 4.79 Å². The normalized spacial score (nSPS) is 23.8. The summed E-state index contributed by atoms with van der Waals surface area (Å²) in [6.45, 7) is 11.4. The van der Waals surface area contributed by atoms with Crippen LogP contribution in [0.15, 0.2) is 29.2 Å². The quantitative estimate of drug-likeness (QED) is 0.825. The van der Waals surface area contributed by atoms with Crippen LogP contribution in [0.25, 0.3) is 0 Å². The van der Waals surface area contributed by atoms with Crippen LogP contribution < -0.4 is 10.2 Å². The molecule has 1 aromatic rings. The van der Waals surface area contributed by atoms with Gasteiger partial charge in [0.1, 0.15) is 0 Å². The van der Waals surface area contributed by atoms with E-state index in [-0.39, 0.29) is 12.0 Å². The van der Waals surface area contributed by atoms with Crippen LogP contribution in [0.5, 0.6) is 0 Å². The van der Waals surface area contributed by atoms with Gasteiger partial charge in [0.25, 0.3) is 0 Å². The molecule has 1 fully saturated rings. The molecule has 26 heavy (non-hydrogen) atoms. The van der Waals surface area contributed by atoms with E-state index in [0.29, 0.717) is 25.0 Å². The smallest absolute Gasteiger partial charge is 0.239 e. The summed E-state index contributed by atoms with van der Waals surface area (Å²) in [6.07, 6.45) is 0.0908. The average Bonchev–Trinajstić information content (AvgIpc) is 2.62. The lowest BCUT2D eigenvalue weighted by atomic mass is 10.2. The molecule has 0 aliphatic carbocycles. The fourth-order valence-electron chi connectivity index (χ4n) is 3.62. The second kappa shape index (κ2) is 9.11. The topological polar surface area (TPSA) is 44.8 Å². The minimum atomic E-state index is 0.0723. The van der Waals surface area contributed by atoms with E-state index in [1.54, 1.807) is 0 Å². The van der Waals surface area contributed by atoms with Crippen molar-refractivity contribution in [3.05, 3.63) is 24.3 Å². The summed E-state index contributed by atoms with van der Waals surface area (Å²) < 4.78 is 5.83. The second-order valence-corrected chi connectivity index (χ2v) is 8.77. The second-order valence-electron chi connectivity index (χ2n) is 7.71. The minimum Gasteiger partial charge on any atom is -0.374 e. The molecule has 2 atom stereocenters. The van der Waals surface area contributed by atoms with Gasteiger partial charge in [-0.2, -0.15) is 0 Å². The molecule has 2 aliphatic heterocycles. The van der Waals surface area contributed by atoms with Gasteiger partial charge < -0.3 is 15.0 Å². The number of nitrogens with one attached hydrogen (secondary N) is 1. The molecule has 3 rings (SSSR count). The van der Waals surface area contributed by atoms with Crippen LogP contribution in [-0.2, 0) is 9.53 Å². The van der Waals surface area contributed by atoms with Gasteiger partial charge in [0.2, 0.25) is 5.91 Å². The number of ether oxygens (including phenoxy) is 1. The van der Waals surface area contributed by atoms with Gasteiger partial charge in [0.05, 0.1) is 24.9 Å². The molecule has 1 amide bonds. The van der Waals surface area contributed by atoms with Gasteiger partial charge >= 0.3 is 0 Å². The van der Waals surface area contributed by atoms with Gasteiger partial charge in [-0.15, -0.1) is 11.8 Å². The minimum absolute atomic E-state index is 0.0723. The van der Waals surface area contributed by atoms with Crippen molar-refractivity contribution in [2.75, 3.05) is 50.0 Å². The molecule has 0 radical (unpaired) electrons. The van der Waals surface area contributed by atoms with Crippen LogP contribution in [0.1, 0.15) is 20.8 Å². The monoisotopic (exact) mass is 377 g/mol. The van der Waals surface area contributed by atoms with Gasteiger partial charge in [0, 0.05) is 42.9 Å². The number of anilines is 1. The van der Waals surface area contributed by atoms with E-state index in [0.717, 1.165) is 32.0 Å². The Bertz CT molecular complexity index is 610. The summed E-state index contributed by atoms with van der Waals surface area (Å²) in [5, 5.41) is 3.09. The molecule has 5 nitrogen and oxygen atoms in total. The lowest BCUT2D eigenvalue weighted by molar-refractivity contribution is -0.121. The van der Waals surface area contributed by atoms with E-state index < -0.39 is 0 Å². The Kier molecular flexibility index (Phi) is 6.84. The molecule has 0 spiro atoms. The van der Waals surface area contributed by atoms with Crippen LogP contribution in [0.3, 0.4) is 0 Å². The van der Waals surface area contributed by atoms with Crippen LogP contribution in [0.4, 0.5) is 5.69 Å². The summed E-state index contributed by atoms with van der Waals surface area (Å²) in [4.78, 5) is 18.5. The van der Waals surface area contributed by atoms with Crippen molar-refractivity contribution in [3.8, 4) is 0 Å². The van der Waals surface area contributed by atoms with Crippen molar-refractivity contribution in [1.82, 2.24) is 10.2 Å². The van der Waals surface area contributed by atoms with Gasteiger partial charge in [-0.3, -0.25) is 9.69 Å². The Balaban J connectivity index is 1.50. The van der Waals surface area contributed by atoms with E-state index in [1.165, 1.54) is 10.6 Å². The number of carbonyl (C=O) groups excluding carboxylic acids is 1. The molecule has 0 aromatic heterocycles. The Morgan fingerprint density at radius 3 is 3.00 bits per heavy atom. The third-order valence-electron chi connectivity index (χ3n) is 4.87. The number of benzene rings is 1. The summed E-state index contributed by atoms with van der Waals surface area (Å²) in [5.74, 6) is 1.74. The third kappa shape index (κ3) is 5.15. The molecule has 0 unspecified atom stereocenters. The van der Waals surface area contributed by atoms with Crippen LogP contribution >= 0.6 is 11.8 Å². The fraction of sp³-hybridized carbons (Fsp3) is 0.650. The summed E-state index contributed by atoms with van der Waals surface area (Å²) in [6, 6.07) is 8.70. The number of thioether (sulfide) groups is 1. The van der Waals surface area contributed by atoms with Crippen LogP contribution in [-0.4, -0.2) is 68.0 Å². The molecule has 1 saturated heterocycles. The molecule has 6 heteroatoms. The number of carbonyl (C=O) groups is 1. The maximum absolute atomic E-state index is 12.5. The Labute approximate surface area is 161 Å². The SMILES string of the molecule is CC(C)CN1CCO[C@H](CNC(=O)CN2c3ccccc3SC[C@@H]2C)C1. The fourth-order valence-corrected chi connectivity index (χ4v) is 4.73. The average molecular weight is 378 g/mol. The standard InChI is InChI=1S/C20H31N3O2S/c1-15(2)11-22-8-9-25-17(12-22)10-21-20(24)13-23-16(3)14-26-19-7-5-4-6-18(19)23/h4-7,15-17H,8-14H2,1-3H3,(H,21,24)/t16-,17+/m0/s1. The van der Waals surface area contributed by atoms with Gasteiger partial charge in [-0.25, -0.2) is 0 Å². The zero-order chi connectivity index (χ0) is 18.5. The number of para-hydroxylation sites is 1. The van der Waals surface area contributed by atoms with Crippen LogP contribution in [0, 0.1) is 5.92 Å². The Hall–Kier alpha value is -1.24. The zero-order valence-corrected chi connectivity index (χ0v) is 16.9. The molecule has 2 heterocycles. The van der Waals surface area contributed by atoms with E-state index in [1.807, 2.05) is 17.8 Å². The highest BCUT2D eigenvalue weighted by atomic mass is 32.2. The summed E-state index contributed by atoms with van der Waals surface area (Å²) in [5.41, 5.74) is 1.17. The highest BCUT2D eigenvalue weighted by Crippen LogP contribution is 2.36. The van der Waals surface area contributed by atoms with Crippen LogP contribution in [0.2, 0.25) is 0 Å². The first-order valence-corrected chi connectivity index (χ1v) is 10.6.